The van der Waals surface area contributed by atoms with Crippen LogP contribution in [0.2, 0.25) is 5.02 Å². The van der Waals surface area contributed by atoms with Gasteiger partial charge in [0.05, 0.1) is 5.69 Å². The summed E-state index contributed by atoms with van der Waals surface area (Å²) in [7, 11) is 0. The maximum atomic E-state index is 12.1. The number of nitrogens with zero attached hydrogens (tertiary/aromatic N) is 1. The fraction of sp³-hybridized carbons (Fsp3) is 0.250. The zero-order valence-electron chi connectivity index (χ0n) is 12.5. The second kappa shape index (κ2) is 5.94. The minimum atomic E-state index is -0.0945. The van der Waals surface area contributed by atoms with E-state index in [0.29, 0.717) is 23.7 Å². The summed E-state index contributed by atoms with van der Waals surface area (Å²) in [6.07, 6.45) is 0. The molecule has 6 heteroatoms. The van der Waals surface area contributed by atoms with Crippen molar-refractivity contribution in [1.82, 2.24) is 20.5 Å². The number of fused-ring (bicyclic) bond motifs is 1. The monoisotopic (exact) mass is 316 g/mol. The Bertz CT molecular complexity index is 862. The Balaban J connectivity index is 1.78. The van der Waals surface area contributed by atoms with E-state index in [2.05, 4.69) is 20.5 Å². The second-order valence-corrected chi connectivity index (χ2v) is 5.81. The van der Waals surface area contributed by atoms with E-state index in [1.807, 2.05) is 32.0 Å². The van der Waals surface area contributed by atoms with Gasteiger partial charge in [-0.15, -0.1) is 0 Å². The van der Waals surface area contributed by atoms with E-state index in [9.17, 15) is 4.79 Å². The summed E-state index contributed by atoms with van der Waals surface area (Å²) < 4.78 is 0. The minimum Gasteiger partial charge on any atom is -0.322 e. The molecule has 0 aliphatic rings. The van der Waals surface area contributed by atoms with E-state index in [-0.39, 0.29) is 5.56 Å². The first-order chi connectivity index (χ1) is 10.5. The number of benzene rings is 1. The molecule has 0 bridgehead atoms. The number of pyridine rings is 1. The lowest BCUT2D eigenvalue weighted by atomic mass is 10.1. The zero-order valence-corrected chi connectivity index (χ0v) is 13.2. The molecular formula is C16H17ClN4O. The highest BCUT2D eigenvalue weighted by Gasteiger charge is 2.07. The highest BCUT2D eigenvalue weighted by molar-refractivity contribution is 6.31. The Morgan fingerprint density at radius 2 is 2.05 bits per heavy atom. The number of nitrogens with one attached hydrogen (secondary N) is 3. The fourth-order valence-corrected chi connectivity index (χ4v) is 2.68. The van der Waals surface area contributed by atoms with Crippen LogP contribution in [0.4, 0.5) is 0 Å². The van der Waals surface area contributed by atoms with Crippen molar-refractivity contribution in [3.8, 4) is 0 Å². The minimum absolute atomic E-state index is 0.0945. The molecule has 3 aromatic rings. The summed E-state index contributed by atoms with van der Waals surface area (Å²) in [6.45, 7) is 5.13. The molecule has 2 heterocycles. The molecule has 0 atom stereocenters. The number of hydrogen-bond donors (Lipinski definition) is 3. The smallest absolute Gasteiger partial charge is 0.252 e. The molecule has 0 amide bonds. The average molecular weight is 317 g/mol. The Labute approximate surface area is 132 Å². The van der Waals surface area contributed by atoms with Crippen LogP contribution in [0.15, 0.2) is 29.1 Å². The van der Waals surface area contributed by atoms with E-state index in [1.165, 1.54) is 0 Å². The van der Waals surface area contributed by atoms with Gasteiger partial charge in [0.25, 0.3) is 5.56 Å². The molecule has 0 unspecified atom stereocenters. The van der Waals surface area contributed by atoms with Crippen molar-refractivity contribution in [2.45, 2.75) is 26.9 Å². The first-order valence-corrected chi connectivity index (χ1v) is 7.45. The Hall–Kier alpha value is -2.11. The molecule has 1 aromatic carbocycles. The largest absolute Gasteiger partial charge is 0.322 e. The Morgan fingerprint density at radius 3 is 2.77 bits per heavy atom. The van der Waals surface area contributed by atoms with Gasteiger partial charge in [-0.25, -0.2) is 0 Å². The van der Waals surface area contributed by atoms with Crippen molar-refractivity contribution < 1.29 is 0 Å². The first kappa shape index (κ1) is 14.8. The van der Waals surface area contributed by atoms with Gasteiger partial charge in [0.15, 0.2) is 0 Å². The first-order valence-electron chi connectivity index (χ1n) is 7.07. The summed E-state index contributed by atoms with van der Waals surface area (Å²) >= 11 is 5.94. The third-order valence-corrected chi connectivity index (χ3v) is 4.02. The van der Waals surface area contributed by atoms with Crippen LogP contribution in [0.3, 0.4) is 0 Å². The summed E-state index contributed by atoms with van der Waals surface area (Å²) in [6, 6.07) is 7.37. The number of aromatic amines is 2. The number of halogens is 1. The van der Waals surface area contributed by atoms with Crippen molar-refractivity contribution in [1.29, 1.82) is 0 Å². The van der Waals surface area contributed by atoms with E-state index >= 15 is 0 Å². The molecule has 0 radical (unpaired) electrons. The number of aryl methyl sites for hydroxylation is 2. The third-order valence-electron chi connectivity index (χ3n) is 3.78. The van der Waals surface area contributed by atoms with E-state index in [1.54, 1.807) is 6.07 Å². The van der Waals surface area contributed by atoms with Crippen LogP contribution in [-0.4, -0.2) is 15.2 Å². The standard InChI is InChI=1S/C16H17ClN4O/c1-9-14(10(2)21-20-9)8-18-7-12-5-11-3-4-13(17)6-15(11)19-16(12)22/h3-6,18H,7-8H2,1-2H3,(H,19,22)(H,20,21). The molecule has 3 N–H and O–H groups in total. The molecule has 0 spiro atoms. The van der Waals surface area contributed by atoms with Gasteiger partial charge < -0.3 is 10.3 Å². The van der Waals surface area contributed by atoms with Gasteiger partial charge in [-0.1, -0.05) is 17.7 Å². The normalized spacial score (nSPS) is 11.2. The van der Waals surface area contributed by atoms with Crippen molar-refractivity contribution in [3.05, 3.63) is 62.2 Å². The van der Waals surface area contributed by atoms with Crippen molar-refractivity contribution in [2.24, 2.45) is 0 Å². The van der Waals surface area contributed by atoms with Crippen LogP contribution in [0.5, 0.6) is 0 Å². The predicted octanol–water partition coefficient (Wildman–Crippen LogP) is 2.81. The SMILES string of the molecule is Cc1n[nH]c(C)c1CNCc1cc2ccc(Cl)cc2[nH]c1=O. The van der Waals surface area contributed by atoms with E-state index in [0.717, 1.165) is 27.9 Å². The molecule has 0 fully saturated rings. The van der Waals surface area contributed by atoms with Crippen molar-refractivity contribution in [2.75, 3.05) is 0 Å². The predicted molar refractivity (Wildman–Crippen MR) is 88.2 cm³/mol. The lowest BCUT2D eigenvalue weighted by molar-refractivity contribution is 0.683. The van der Waals surface area contributed by atoms with Crippen molar-refractivity contribution >= 4 is 22.5 Å². The van der Waals surface area contributed by atoms with Gasteiger partial charge in [0.1, 0.15) is 0 Å². The molecule has 0 saturated heterocycles. The topological polar surface area (TPSA) is 73.6 Å². The summed E-state index contributed by atoms with van der Waals surface area (Å²) in [5.74, 6) is 0. The van der Waals surface area contributed by atoms with Gasteiger partial charge in [-0.05, 0) is 37.4 Å². The molecule has 3 rings (SSSR count). The maximum absolute atomic E-state index is 12.1. The van der Waals surface area contributed by atoms with Crippen LogP contribution < -0.4 is 10.9 Å². The number of aromatic nitrogens is 3. The summed E-state index contributed by atoms with van der Waals surface area (Å²) in [4.78, 5) is 15.0. The second-order valence-electron chi connectivity index (χ2n) is 5.37. The van der Waals surface area contributed by atoms with Crippen LogP contribution in [-0.2, 0) is 13.1 Å². The molecule has 5 nitrogen and oxygen atoms in total. The number of hydrogen-bond acceptors (Lipinski definition) is 3. The van der Waals surface area contributed by atoms with Gasteiger partial charge in [0, 0.05) is 40.4 Å². The highest BCUT2D eigenvalue weighted by atomic mass is 35.5. The van der Waals surface area contributed by atoms with Crippen LogP contribution in [0.1, 0.15) is 22.5 Å². The van der Waals surface area contributed by atoms with Gasteiger partial charge in [-0.3, -0.25) is 9.89 Å². The van der Waals surface area contributed by atoms with Crippen molar-refractivity contribution in [3.63, 3.8) is 0 Å². The molecule has 2 aromatic heterocycles. The lowest BCUT2D eigenvalue weighted by Gasteiger charge is -2.06. The van der Waals surface area contributed by atoms with E-state index in [4.69, 9.17) is 11.6 Å². The Kier molecular flexibility index (Phi) is 4.00. The molecule has 114 valence electrons. The van der Waals surface area contributed by atoms with Gasteiger partial charge in [0.2, 0.25) is 0 Å². The van der Waals surface area contributed by atoms with Crippen LogP contribution in [0, 0.1) is 13.8 Å². The van der Waals surface area contributed by atoms with Crippen LogP contribution >= 0.6 is 11.6 Å². The molecule has 0 saturated carbocycles. The Morgan fingerprint density at radius 1 is 1.23 bits per heavy atom. The lowest BCUT2D eigenvalue weighted by Crippen LogP contribution is -2.21. The molecular weight excluding hydrogens is 300 g/mol. The zero-order chi connectivity index (χ0) is 15.7. The quantitative estimate of drug-likeness (QED) is 0.693. The summed E-state index contributed by atoms with van der Waals surface area (Å²) in [5.41, 5.74) is 4.53. The third kappa shape index (κ3) is 2.91. The highest BCUT2D eigenvalue weighted by Crippen LogP contribution is 2.17. The van der Waals surface area contributed by atoms with Gasteiger partial charge >= 0.3 is 0 Å². The van der Waals surface area contributed by atoms with Crippen LogP contribution in [0.25, 0.3) is 10.9 Å². The molecule has 0 aliphatic heterocycles. The average Bonchev–Trinajstić information content (AvgIpc) is 2.79. The van der Waals surface area contributed by atoms with E-state index < -0.39 is 0 Å². The molecule has 22 heavy (non-hydrogen) atoms. The number of rotatable bonds is 4. The number of H-pyrrole nitrogens is 2. The molecule has 0 aliphatic carbocycles. The van der Waals surface area contributed by atoms with Gasteiger partial charge in [-0.2, -0.15) is 5.10 Å². The maximum Gasteiger partial charge on any atom is 0.252 e. The fourth-order valence-electron chi connectivity index (χ4n) is 2.51. The summed E-state index contributed by atoms with van der Waals surface area (Å²) in [5, 5.41) is 12.0.